The predicted octanol–water partition coefficient (Wildman–Crippen LogP) is 14.1. The molecule has 0 unspecified atom stereocenters. The summed E-state index contributed by atoms with van der Waals surface area (Å²) in [7, 11) is 0. The van der Waals surface area contributed by atoms with Gasteiger partial charge in [-0.25, -0.2) is 4.98 Å². The second-order valence-electron chi connectivity index (χ2n) is 13.4. The molecule has 0 saturated carbocycles. The topological polar surface area (TPSA) is 26.0 Å². The molecule has 1 aromatic heterocycles. The average Bonchev–Trinajstić information content (AvgIpc) is 3.68. The molecule has 0 amide bonds. The van der Waals surface area contributed by atoms with Crippen molar-refractivity contribution in [1.29, 1.82) is 0 Å². The molecule has 0 aliphatic rings. The molecule has 2 heteroatoms. The van der Waals surface area contributed by atoms with Crippen LogP contribution in [0, 0.1) is 0 Å². The summed E-state index contributed by atoms with van der Waals surface area (Å²) in [4.78, 5) is 4.81. The quantitative estimate of drug-likeness (QED) is 0.164. The lowest BCUT2D eigenvalue weighted by Gasteiger charge is -2.20. The zero-order valence-electron chi connectivity index (χ0n) is 28.9. The van der Waals surface area contributed by atoms with Crippen molar-refractivity contribution in [1.82, 2.24) is 4.98 Å². The molecular weight excluding hydrogens is 643 g/mol. The van der Waals surface area contributed by atoms with E-state index < -0.39 is 0 Å². The lowest BCUT2D eigenvalue weighted by Crippen LogP contribution is -1.93. The molecule has 0 radical (unpaired) electrons. The number of para-hydroxylation sites is 2. The minimum Gasteiger partial charge on any atom is -0.436 e. The van der Waals surface area contributed by atoms with Gasteiger partial charge in [-0.2, -0.15) is 0 Å². The summed E-state index contributed by atoms with van der Waals surface area (Å²) in [5.74, 6) is 0.626. The fourth-order valence-corrected chi connectivity index (χ4v) is 7.96. The summed E-state index contributed by atoms with van der Waals surface area (Å²) in [5, 5.41) is 4.84. The van der Waals surface area contributed by atoms with Gasteiger partial charge in [-0.3, -0.25) is 0 Å². The Labute approximate surface area is 308 Å². The highest BCUT2D eigenvalue weighted by molar-refractivity contribution is 6.21. The van der Waals surface area contributed by atoms with Gasteiger partial charge in [0.05, 0.1) is 0 Å². The molecule has 0 spiro atoms. The number of oxazole rings is 1. The van der Waals surface area contributed by atoms with Crippen LogP contribution >= 0.6 is 0 Å². The number of rotatable bonds is 6. The van der Waals surface area contributed by atoms with Crippen LogP contribution in [-0.4, -0.2) is 4.98 Å². The van der Waals surface area contributed by atoms with Gasteiger partial charge in [-0.05, 0) is 108 Å². The highest BCUT2D eigenvalue weighted by Gasteiger charge is 2.20. The summed E-state index contributed by atoms with van der Waals surface area (Å²) in [6.07, 6.45) is 0. The first-order valence-corrected chi connectivity index (χ1v) is 18.0. The van der Waals surface area contributed by atoms with Crippen molar-refractivity contribution >= 4 is 32.6 Å². The number of hydrogen-bond donors (Lipinski definition) is 0. The van der Waals surface area contributed by atoms with Gasteiger partial charge in [0.1, 0.15) is 5.52 Å². The molecule has 10 aromatic rings. The van der Waals surface area contributed by atoms with Gasteiger partial charge in [0, 0.05) is 5.56 Å². The van der Waals surface area contributed by atoms with Crippen LogP contribution in [0.25, 0.3) is 99.7 Å². The molecule has 0 atom stereocenters. The standard InChI is InChI=1S/C51H33NO/c1-3-16-34(17-4-1)40-28-15-29-41(35-18-5-2-6-19-35)48(40)36-20-13-21-37(32-36)49-42-24-7-9-26-44(42)50(45-27-10-8-25-43(45)49)38-22-14-23-39(33-38)51-52-46-30-11-12-31-47(46)53-51/h1-33H. The van der Waals surface area contributed by atoms with E-state index in [1.165, 1.54) is 71.6 Å². The number of hydrogen-bond acceptors (Lipinski definition) is 2. The van der Waals surface area contributed by atoms with Crippen molar-refractivity contribution in [3.8, 4) is 67.1 Å². The van der Waals surface area contributed by atoms with Crippen molar-refractivity contribution in [2.24, 2.45) is 0 Å². The van der Waals surface area contributed by atoms with E-state index >= 15 is 0 Å². The van der Waals surface area contributed by atoms with Crippen molar-refractivity contribution in [3.05, 3.63) is 200 Å². The molecule has 9 aromatic carbocycles. The van der Waals surface area contributed by atoms with Crippen molar-refractivity contribution in [3.63, 3.8) is 0 Å². The van der Waals surface area contributed by atoms with E-state index in [2.05, 4.69) is 176 Å². The lowest BCUT2D eigenvalue weighted by molar-refractivity contribution is 0.620. The van der Waals surface area contributed by atoms with Crippen LogP contribution in [0.2, 0.25) is 0 Å². The summed E-state index contributed by atoms with van der Waals surface area (Å²) in [6.45, 7) is 0. The van der Waals surface area contributed by atoms with E-state index in [-0.39, 0.29) is 0 Å². The van der Waals surface area contributed by atoms with Gasteiger partial charge in [0.15, 0.2) is 5.58 Å². The van der Waals surface area contributed by atoms with E-state index in [1.54, 1.807) is 0 Å². The molecule has 248 valence electrons. The largest absolute Gasteiger partial charge is 0.436 e. The Morgan fingerprint density at radius 1 is 0.302 bits per heavy atom. The molecule has 53 heavy (non-hydrogen) atoms. The maximum atomic E-state index is 6.21. The Hall–Kier alpha value is -7.03. The molecule has 0 saturated heterocycles. The van der Waals surface area contributed by atoms with Gasteiger partial charge in [0.25, 0.3) is 0 Å². The number of fused-ring (bicyclic) bond motifs is 3. The molecule has 10 rings (SSSR count). The Morgan fingerprint density at radius 2 is 0.698 bits per heavy atom. The van der Waals surface area contributed by atoms with Crippen LogP contribution in [0.3, 0.4) is 0 Å². The molecule has 2 nitrogen and oxygen atoms in total. The third-order valence-electron chi connectivity index (χ3n) is 10.3. The van der Waals surface area contributed by atoms with Gasteiger partial charge < -0.3 is 4.42 Å². The average molecular weight is 676 g/mol. The fourth-order valence-electron chi connectivity index (χ4n) is 7.96. The summed E-state index contributed by atoms with van der Waals surface area (Å²) < 4.78 is 6.21. The Morgan fingerprint density at radius 3 is 1.23 bits per heavy atom. The normalized spacial score (nSPS) is 11.4. The molecule has 1 heterocycles. The van der Waals surface area contributed by atoms with Gasteiger partial charge >= 0.3 is 0 Å². The summed E-state index contributed by atoms with van der Waals surface area (Å²) in [5.41, 5.74) is 14.6. The predicted molar refractivity (Wildman–Crippen MR) is 222 cm³/mol. The monoisotopic (exact) mass is 675 g/mol. The van der Waals surface area contributed by atoms with Crippen LogP contribution in [0.5, 0.6) is 0 Å². The third kappa shape index (κ3) is 5.40. The van der Waals surface area contributed by atoms with Crippen LogP contribution in [0.4, 0.5) is 0 Å². The van der Waals surface area contributed by atoms with E-state index in [9.17, 15) is 0 Å². The zero-order valence-corrected chi connectivity index (χ0v) is 28.9. The second kappa shape index (κ2) is 12.9. The lowest BCUT2D eigenvalue weighted by atomic mass is 9.83. The molecule has 0 N–H and O–H groups in total. The first-order valence-electron chi connectivity index (χ1n) is 18.0. The molecule has 0 aliphatic carbocycles. The highest BCUT2D eigenvalue weighted by atomic mass is 16.3. The Balaban J connectivity index is 1.19. The van der Waals surface area contributed by atoms with Crippen molar-refractivity contribution in [2.75, 3.05) is 0 Å². The van der Waals surface area contributed by atoms with E-state index in [4.69, 9.17) is 9.40 Å². The van der Waals surface area contributed by atoms with E-state index in [0.717, 1.165) is 22.2 Å². The molecule has 0 fully saturated rings. The summed E-state index contributed by atoms with van der Waals surface area (Å²) >= 11 is 0. The fraction of sp³-hybridized carbons (Fsp3) is 0. The van der Waals surface area contributed by atoms with Gasteiger partial charge in [0.2, 0.25) is 5.89 Å². The van der Waals surface area contributed by atoms with Crippen molar-refractivity contribution in [2.45, 2.75) is 0 Å². The number of aromatic nitrogens is 1. The van der Waals surface area contributed by atoms with Crippen molar-refractivity contribution < 1.29 is 4.42 Å². The third-order valence-corrected chi connectivity index (χ3v) is 10.3. The van der Waals surface area contributed by atoms with Crippen LogP contribution in [0.1, 0.15) is 0 Å². The SMILES string of the molecule is c1ccc(-c2cccc(-c3ccccc3)c2-c2cccc(-c3c4ccccc4c(-c4cccc(-c5nc6ccccc6o5)c4)c4ccccc34)c2)cc1. The summed E-state index contributed by atoms with van der Waals surface area (Å²) in [6, 6.07) is 71.4. The number of benzene rings is 9. The smallest absolute Gasteiger partial charge is 0.227 e. The maximum absolute atomic E-state index is 6.21. The molecular formula is C51H33NO. The first kappa shape index (κ1) is 30.8. The molecule has 0 bridgehead atoms. The van der Waals surface area contributed by atoms with E-state index in [0.29, 0.717) is 5.89 Å². The Bertz CT molecular complexity index is 2790. The minimum atomic E-state index is 0.626. The van der Waals surface area contributed by atoms with Gasteiger partial charge in [-0.15, -0.1) is 0 Å². The number of nitrogens with zero attached hydrogens (tertiary/aromatic N) is 1. The van der Waals surface area contributed by atoms with Crippen LogP contribution < -0.4 is 0 Å². The van der Waals surface area contributed by atoms with Crippen LogP contribution in [0.15, 0.2) is 205 Å². The first-order chi connectivity index (χ1) is 26.3. The Kier molecular flexibility index (Phi) is 7.51. The zero-order chi connectivity index (χ0) is 35.1. The highest BCUT2D eigenvalue weighted by Crippen LogP contribution is 2.46. The van der Waals surface area contributed by atoms with Crippen LogP contribution in [-0.2, 0) is 0 Å². The van der Waals surface area contributed by atoms with Gasteiger partial charge in [-0.1, -0.05) is 170 Å². The minimum absolute atomic E-state index is 0.626. The molecule has 0 aliphatic heterocycles. The van der Waals surface area contributed by atoms with E-state index in [1.807, 2.05) is 24.3 Å². The maximum Gasteiger partial charge on any atom is 0.227 e. The second-order valence-corrected chi connectivity index (χ2v) is 13.4.